The van der Waals surface area contributed by atoms with Gasteiger partial charge < -0.3 is 14.8 Å². The highest BCUT2D eigenvalue weighted by molar-refractivity contribution is 6.31. The average molecular weight is 418 g/mol. The van der Waals surface area contributed by atoms with Crippen molar-refractivity contribution in [2.75, 3.05) is 13.7 Å². The van der Waals surface area contributed by atoms with Gasteiger partial charge in [0.1, 0.15) is 18.2 Å². The molecule has 0 atom stereocenters. The number of methoxy groups -OCH3 is 1. The van der Waals surface area contributed by atoms with Gasteiger partial charge in [0.15, 0.2) is 11.5 Å². The minimum absolute atomic E-state index is 0.182. The van der Waals surface area contributed by atoms with Crippen molar-refractivity contribution in [3.05, 3.63) is 94.0 Å². The standard InChI is InChI=1S/C23H22ClF2NO2/c1-28-22-8-4-6-17(14-27-12-11-16-5-2-3-7-21(16)26)23(22)29-15-18-9-10-19(25)13-20(18)24/h2-10,13,27H,11-12,14-15H2,1H3. The lowest BCUT2D eigenvalue weighted by Gasteiger charge is -2.16. The third kappa shape index (κ3) is 5.68. The molecule has 0 aliphatic carbocycles. The van der Waals surface area contributed by atoms with Gasteiger partial charge in [0.25, 0.3) is 0 Å². The molecule has 6 heteroatoms. The maximum absolute atomic E-state index is 13.7. The maximum atomic E-state index is 13.7. The Morgan fingerprint density at radius 1 is 0.931 bits per heavy atom. The van der Waals surface area contributed by atoms with E-state index in [1.807, 2.05) is 24.3 Å². The van der Waals surface area contributed by atoms with Crippen LogP contribution in [0.25, 0.3) is 0 Å². The van der Waals surface area contributed by atoms with Gasteiger partial charge in [0.05, 0.1) is 12.1 Å². The molecule has 3 nitrogen and oxygen atoms in total. The Morgan fingerprint density at radius 3 is 2.48 bits per heavy atom. The monoisotopic (exact) mass is 417 g/mol. The normalized spacial score (nSPS) is 10.8. The van der Waals surface area contributed by atoms with Gasteiger partial charge in [-0.15, -0.1) is 0 Å². The number of rotatable bonds is 9. The lowest BCUT2D eigenvalue weighted by Crippen LogP contribution is -2.18. The smallest absolute Gasteiger partial charge is 0.166 e. The molecule has 29 heavy (non-hydrogen) atoms. The van der Waals surface area contributed by atoms with Gasteiger partial charge in [0.2, 0.25) is 0 Å². The zero-order valence-corrected chi connectivity index (χ0v) is 16.8. The van der Waals surface area contributed by atoms with Gasteiger partial charge in [-0.3, -0.25) is 0 Å². The highest BCUT2D eigenvalue weighted by atomic mass is 35.5. The molecular weight excluding hydrogens is 396 g/mol. The molecule has 0 unspecified atom stereocenters. The van der Waals surface area contributed by atoms with E-state index in [0.717, 1.165) is 5.56 Å². The zero-order valence-electron chi connectivity index (χ0n) is 16.1. The fourth-order valence-corrected chi connectivity index (χ4v) is 3.18. The maximum Gasteiger partial charge on any atom is 0.166 e. The van der Waals surface area contributed by atoms with Gasteiger partial charge in [-0.2, -0.15) is 0 Å². The van der Waals surface area contributed by atoms with Crippen molar-refractivity contribution in [3.8, 4) is 11.5 Å². The van der Waals surface area contributed by atoms with Crippen molar-refractivity contribution in [1.82, 2.24) is 5.32 Å². The Labute approximate surface area is 174 Å². The first kappa shape index (κ1) is 21.1. The summed E-state index contributed by atoms with van der Waals surface area (Å²) in [6.07, 6.45) is 0.581. The van der Waals surface area contributed by atoms with Gasteiger partial charge in [-0.05, 0) is 42.8 Å². The predicted octanol–water partition coefficient (Wildman–Crippen LogP) is 5.54. The van der Waals surface area contributed by atoms with Crippen LogP contribution in [0.5, 0.6) is 11.5 Å². The number of hydrogen-bond acceptors (Lipinski definition) is 3. The molecule has 0 aliphatic heterocycles. The Hall–Kier alpha value is -2.63. The third-order valence-corrected chi connectivity index (χ3v) is 4.86. The third-order valence-electron chi connectivity index (χ3n) is 4.51. The summed E-state index contributed by atoms with van der Waals surface area (Å²) >= 11 is 6.09. The summed E-state index contributed by atoms with van der Waals surface area (Å²) in [5.41, 5.74) is 2.25. The zero-order chi connectivity index (χ0) is 20.6. The highest BCUT2D eigenvalue weighted by Gasteiger charge is 2.12. The quantitative estimate of drug-likeness (QED) is 0.464. The van der Waals surface area contributed by atoms with Gasteiger partial charge in [-0.1, -0.05) is 48.0 Å². The lowest BCUT2D eigenvalue weighted by atomic mass is 10.1. The number of nitrogens with one attached hydrogen (secondary N) is 1. The number of halogens is 3. The van der Waals surface area contributed by atoms with Crippen LogP contribution < -0.4 is 14.8 Å². The first-order valence-corrected chi connectivity index (χ1v) is 9.63. The van der Waals surface area contributed by atoms with Crippen LogP contribution in [-0.2, 0) is 19.6 Å². The number of benzene rings is 3. The van der Waals surface area contributed by atoms with Gasteiger partial charge in [-0.25, -0.2) is 8.78 Å². The second-order valence-electron chi connectivity index (χ2n) is 6.49. The molecule has 0 heterocycles. The average Bonchev–Trinajstić information content (AvgIpc) is 2.72. The molecule has 3 rings (SSSR count). The van der Waals surface area contributed by atoms with Crippen molar-refractivity contribution >= 4 is 11.6 Å². The van der Waals surface area contributed by atoms with Crippen LogP contribution in [0, 0.1) is 11.6 Å². The summed E-state index contributed by atoms with van der Waals surface area (Å²) < 4.78 is 38.3. The molecule has 0 aliphatic rings. The minimum atomic E-state index is -0.393. The van der Waals surface area contributed by atoms with Crippen molar-refractivity contribution < 1.29 is 18.3 Å². The Kier molecular flexibility index (Phi) is 7.44. The molecule has 0 aromatic heterocycles. The van der Waals surface area contributed by atoms with Gasteiger partial charge >= 0.3 is 0 Å². The van der Waals surface area contributed by atoms with Crippen molar-refractivity contribution in [2.45, 2.75) is 19.6 Å². The Bertz CT molecular complexity index is 965. The SMILES string of the molecule is COc1cccc(CNCCc2ccccc2F)c1OCc1ccc(F)cc1Cl. The largest absolute Gasteiger partial charge is 0.493 e. The lowest BCUT2D eigenvalue weighted by molar-refractivity contribution is 0.280. The second-order valence-corrected chi connectivity index (χ2v) is 6.90. The van der Waals surface area contributed by atoms with Crippen molar-refractivity contribution in [2.24, 2.45) is 0 Å². The van der Waals surface area contributed by atoms with Crippen molar-refractivity contribution in [3.63, 3.8) is 0 Å². The highest BCUT2D eigenvalue weighted by Crippen LogP contribution is 2.32. The second kappa shape index (κ2) is 10.2. The molecule has 3 aromatic carbocycles. The molecule has 0 spiro atoms. The molecule has 0 saturated carbocycles. The van der Waals surface area contributed by atoms with Crippen LogP contribution in [-0.4, -0.2) is 13.7 Å². The van der Waals surface area contributed by atoms with E-state index in [0.29, 0.717) is 47.2 Å². The van der Waals surface area contributed by atoms with E-state index in [1.165, 1.54) is 18.2 Å². The van der Waals surface area contributed by atoms with E-state index in [2.05, 4.69) is 5.32 Å². The van der Waals surface area contributed by atoms with Gasteiger partial charge in [0, 0.05) is 17.7 Å². The Morgan fingerprint density at radius 2 is 1.72 bits per heavy atom. The van der Waals surface area contributed by atoms with E-state index >= 15 is 0 Å². The fraction of sp³-hybridized carbons (Fsp3) is 0.217. The fourth-order valence-electron chi connectivity index (χ4n) is 2.96. The summed E-state index contributed by atoms with van der Waals surface area (Å²) in [7, 11) is 1.57. The van der Waals surface area contributed by atoms with Crippen LogP contribution in [0.3, 0.4) is 0 Å². The van der Waals surface area contributed by atoms with Crippen LogP contribution in [0.2, 0.25) is 5.02 Å². The molecule has 152 valence electrons. The predicted molar refractivity (Wildman–Crippen MR) is 111 cm³/mol. The summed E-state index contributed by atoms with van der Waals surface area (Å²) in [6, 6.07) is 16.6. The first-order chi connectivity index (χ1) is 14.1. The summed E-state index contributed by atoms with van der Waals surface area (Å²) in [6.45, 7) is 1.32. The Balaban J connectivity index is 1.65. The number of hydrogen-bond donors (Lipinski definition) is 1. The van der Waals surface area contributed by atoms with E-state index in [1.54, 1.807) is 25.3 Å². The molecule has 0 fully saturated rings. The molecule has 0 amide bonds. The van der Waals surface area contributed by atoms with Crippen molar-refractivity contribution in [1.29, 1.82) is 0 Å². The van der Waals surface area contributed by atoms with E-state index in [4.69, 9.17) is 21.1 Å². The molecule has 3 aromatic rings. The van der Waals surface area contributed by atoms with E-state index in [-0.39, 0.29) is 12.4 Å². The minimum Gasteiger partial charge on any atom is -0.493 e. The topological polar surface area (TPSA) is 30.5 Å². The molecule has 0 saturated heterocycles. The van der Waals surface area contributed by atoms with Crippen LogP contribution in [0.4, 0.5) is 8.78 Å². The number of para-hydroxylation sites is 1. The van der Waals surface area contributed by atoms with E-state index < -0.39 is 5.82 Å². The molecular formula is C23H22ClF2NO2. The van der Waals surface area contributed by atoms with Crippen LogP contribution >= 0.6 is 11.6 Å². The number of ether oxygens (including phenoxy) is 2. The van der Waals surface area contributed by atoms with E-state index in [9.17, 15) is 8.78 Å². The molecule has 1 N–H and O–H groups in total. The first-order valence-electron chi connectivity index (χ1n) is 9.25. The molecule has 0 bridgehead atoms. The summed E-state index contributed by atoms with van der Waals surface area (Å²) in [5.74, 6) is 0.595. The summed E-state index contributed by atoms with van der Waals surface area (Å²) in [5, 5.41) is 3.62. The summed E-state index contributed by atoms with van der Waals surface area (Å²) in [4.78, 5) is 0. The van der Waals surface area contributed by atoms with Crippen LogP contribution in [0.15, 0.2) is 60.7 Å². The van der Waals surface area contributed by atoms with Crippen LogP contribution in [0.1, 0.15) is 16.7 Å². The molecule has 0 radical (unpaired) electrons.